The molecule has 0 aromatic rings. The van der Waals surface area contributed by atoms with Crippen LogP contribution in [0.5, 0.6) is 0 Å². The predicted octanol–water partition coefficient (Wildman–Crippen LogP) is 3.85. The molecule has 1 heterocycles. The lowest BCUT2D eigenvalue weighted by Crippen LogP contribution is -2.43. The summed E-state index contributed by atoms with van der Waals surface area (Å²) < 4.78 is 11.8. The van der Waals surface area contributed by atoms with Gasteiger partial charge in [0.15, 0.2) is 5.79 Å². The molecule has 1 saturated heterocycles. The molecule has 20 heavy (non-hydrogen) atoms. The van der Waals surface area contributed by atoms with Crippen molar-refractivity contribution in [3.8, 4) is 0 Å². The summed E-state index contributed by atoms with van der Waals surface area (Å²) in [6.07, 6.45) is 12.3. The number of hydrogen-bond donors (Lipinski definition) is 0. The molecule has 0 atom stereocenters. The van der Waals surface area contributed by atoms with Gasteiger partial charge in [0, 0.05) is 25.7 Å². The molecular formula is C17H28O3. The number of Topliss-reactive ketones (excluding diaryl/α,β-unsaturated/α-hetero) is 1. The fourth-order valence-electron chi connectivity index (χ4n) is 4.07. The zero-order valence-electron chi connectivity index (χ0n) is 12.6. The van der Waals surface area contributed by atoms with Crippen molar-refractivity contribution in [1.29, 1.82) is 0 Å². The fourth-order valence-corrected chi connectivity index (χ4v) is 4.07. The summed E-state index contributed by atoms with van der Waals surface area (Å²) in [4.78, 5) is 11.3. The van der Waals surface area contributed by atoms with Crippen LogP contribution in [0.4, 0.5) is 0 Å². The first kappa shape index (κ1) is 14.5. The van der Waals surface area contributed by atoms with Gasteiger partial charge in [0.1, 0.15) is 5.78 Å². The van der Waals surface area contributed by atoms with Crippen molar-refractivity contribution in [3.63, 3.8) is 0 Å². The van der Waals surface area contributed by atoms with Crippen LogP contribution in [-0.4, -0.2) is 24.8 Å². The summed E-state index contributed by atoms with van der Waals surface area (Å²) >= 11 is 0. The van der Waals surface area contributed by atoms with Gasteiger partial charge in [-0.25, -0.2) is 0 Å². The Kier molecular flexibility index (Phi) is 4.77. The summed E-state index contributed by atoms with van der Waals surface area (Å²) in [6.45, 7) is 1.75. The fraction of sp³-hybridized carbons (Fsp3) is 0.941. The summed E-state index contributed by atoms with van der Waals surface area (Å²) in [5.74, 6) is 1.93. The summed E-state index contributed by atoms with van der Waals surface area (Å²) in [5, 5.41) is 0. The van der Waals surface area contributed by atoms with Crippen LogP contribution in [-0.2, 0) is 14.3 Å². The van der Waals surface area contributed by atoms with Crippen molar-refractivity contribution in [2.24, 2.45) is 11.8 Å². The maximum absolute atomic E-state index is 11.3. The minimum absolute atomic E-state index is 0.216. The first-order chi connectivity index (χ1) is 9.76. The van der Waals surface area contributed by atoms with E-state index in [-0.39, 0.29) is 5.79 Å². The highest BCUT2D eigenvalue weighted by atomic mass is 16.7. The average Bonchev–Trinajstić information content (AvgIpc) is 2.49. The lowest BCUT2D eigenvalue weighted by atomic mass is 9.78. The van der Waals surface area contributed by atoms with E-state index < -0.39 is 0 Å². The quantitative estimate of drug-likeness (QED) is 0.787. The minimum Gasteiger partial charge on any atom is -0.350 e. The Morgan fingerprint density at radius 1 is 0.900 bits per heavy atom. The van der Waals surface area contributed by atoms with Gasteiger partial charge in [0.25, 0.3) is 0 Å². The van der Waals surface area contributed by atoms with Crippen LogP contribution in [0.1, 0.15) is 70.6 Å². The van der Waals surface area contributed by atoms with E-state index in [1.165, 1.54) is 25.7 Å². The van der Waals surface area contributed by atoms with Crippen LogP contribution < -0.4 is 0 Å². The molecule has 0 aromatic carbocycles. The van der Waals surface area contributed by atoms with Crippen molar-refractivity contribution in [2.75, 3.05) is 13.2 Å². The molecule has 3 aliphatic rings. The number of carbonyl (C=O) groups excluding carboxylic acids is 1. The monoisotopic (exact) mass is 280 g/mol. The largest absolute Gasteiger partial charge is 0.350 e. The van der Waals surface area contributed by atoms with Crippen LogP contribution in [0, 0.1) is 11.8 Å². The second-order valence-corrected chi connectivity index (χ2v) is 6.96. The number of rotatable bonds is 3. The molecule has 3 rings (SSSR count). The SMILES string of the molecule is O=C1CCC(CCC2CCC3(CC2)OCCCO3)CC1. The Bertz CT molecular complexity index is 313. The zero-order valence-corrected chi connectivity index (χ0v) is 12.6. The average molecular weight is 280 g/mol. The number of ether oxygens (including phenoxy) is 2. The first-order valence-corrected chi connectivity index (χ1v) is 8.55. The van der Waals surface area contributed by atoms with Crippen molar-refractivity contribution in [2.45, 2.75) is 76.4 Å². The lowest BCUT2D eigenvalue weighted by molar-refractivity contribution is -0.283. The maximum Gasteiger partial charge on any atom is 0.168 e. The molecule has 3 heteroatoms. The van der Waals surface area contributed by atoms with E-state index in [9.17, 15) is 4.79 Å². The van der Waals surface area contributed by atoms with E-state index in [4.69, 9.17) is 9.47 Å². The van der Waals surface area contributed by atoms with Gasteiger partial charge in [0.2, 0.25) is 0 Å². The van der Waals surface area contributed by atoms with E-state index in [0.29, 0.717) is 5.78 Å². The van der Waals surface area contributed by atoms with Crippen LogP contribution in [0.15, 0.2) is 0 Å². The molecule has 1 spiro atoms. The number of carbonyl (C=O) groups is 1. The third-order valence-electron chi connectivity index (χ3n) is 5.53. The van der Waals surface area contributed by atoms with Crippen molar-refractivity contribution >= 4 is 5.78 Å². The molecule has 0 amide bonds. The van der Waals surface area contributed by atoms with Gasteiger partial charge in [-0.3, -0.25) is 4.79 Å². The van der Waals surface area contributed by atoms with Crippen LogP contribution in [0.3, 0.4) is 0 Å². The van der Waals surface area contributed by atoms with Gasteiger partial charge in [0.05, 0.1) is 13.2 Å². The Morgan fingerprint density at radius 2 is 1.45 bits per heavy atom. The van der Waals surface area contributed by atoms with E-state index >= 15 is 0 Å². The molecule has 3 nitrogen and oxygen atoms in total. The molecular weight excluding hydrogens is 252 g/mol. The molecule has 0 unspecified atom stereocenters. The van der Waals surface area contributed by atoms with Gasteiger partial charge >= 0.3 is 0 Å². The van der Waals surface area contributed by atoms with E-state index in [0.717, 1.165) is 70.0 Å². The summed E-state index contributed by atoms with van der Waals surface area (Å²) in [6, 6.07) is 0. The van der Waals surface area contributed by atoms with Gasteiger partial charge in [-0.1, -0.05) is 12.8 Å². The highest BCUT2D eigenvalue weighted by molar-refractivity contribution is 5.78. The van der Waals surface area contributed by atoms with E-state index in [1.54, 1.807) is 0 Å². The standard InChI is InChI=1S/C17H28O3/c18-16-6-4-14(5-7-16)2-3-15-8-10-17(11-9-15)19-12-1-13-20-17/h14-15H,1-13H2. The van der Waals surface area contributed by atoms with Gasteiger partial charge in [-0.05, 0) is 43.9 Å². The zero-order chi connectivity index (χ0) is 13.8. The number of hydrogen-bond acceptors (Lipinski definition) is 3. The maximum atomic E-state index is 11.3. The molecule has 114 valence electrons. The van der Waals surface area contributed by atoms with Gasteiger partial charge < -0.3 is 9.47 Å². The molecule has 0 aromatic heterocycles. The minimum atomic E-state index is -0.216. The normalized spacial score (nSPS) is 28.9. The summed E-state index contributed by atoms with van der Waals surface area (Å²) in [5.41, 5.74) is 0. The predicted molar refractivity (Wildman–Crippen MR) is 77.4 cm³/mol. The number of ketones is 1. The molecule has 3 fully saturated rings. The molecule has 0 N–H and O–H groups in total. The molecule has 2 aliphatic carbocycles. The van der Waals surface area contributed by atoms with Crippen LogP contribution >= 0.6 is 0 Å². The second kappa shape index (κ2) is 6.57. The van der Waals surface area contributed by atoms with Crippen molar-refractivity contribution < 1.29 is 14.3 Å². The third kappa shape index (κ3) is 3.62. The van der Waals surface area contributed by atoms with Crippen LogP contribution in [0.2, 0.25) is 0 Å². The Labute approximate surface area is 122 Å². The molecule has 1 aliphatic heterocycles. The van der Waals surface area contributed by atoms with Crippen LogP contribution in [0.25, 0.3) is 0 Å². The topological polar surface area (TPSA) is 35.5 Å². The van der Waals surface area contributed by atoms with Gasteiger partial charge in [-0.2, -0.15) is 0 Å². The lowest BCUT2D eigenvalue weighted by Gasteiger charge is -2.42. The van der Waals surface area contributed by atoms with E-state index in [2.05, 4.69) is 0 Å². The molecule has 2 saturated carbocycles. The first-order valence-electron chi connectivity index (χ1n) is 8.55. The second-order valence-electron chi connectivity index (χ2n) is 6.96. The molecule has 0 bridgehead atoms. The highest BCUT2D eigenvalue weighted by Gasteiger charge is 2.38. The van der Waals surface area contributed by atoms with E-state index in [1.807, 2.05) is 0 Å². The smallest absolute Gasteiger partial charge is 0.168 e. The summed E-state index contributed by atoms with van der Waals surface area (Å²) in [7, 11) is 0. The van der Waals surface area contributed by atoms with Crippen molar-refractivity contribution in [3.05, 3.63) is 0 Å². The van der Waals surface area contributed by atoms with Crippen molar-refractivity contribution in [1.82, 2.24) is 0 Å². The Hall–Kier alpha value is -0.410. The third-order valence-corrected chi connectivity index (χ3v) is 5.53. The Balaban J connectivity index is 1.37. The van der Waals surface area contributed by atoms with Gasteiger partial charge in [-0.15, -0.1) is 0 Å². The molecule has 0 radical (unpaired) electrons. The highest BCUT2D eigenvalue weighted by Crippen LogP contribution is 2.40. The Morgan fingerprint density at radius 3 is 2.05 bits per heavy atom.